The third kappa shape index (κ3) is 2.50. The van der Waals surface area contributed by atoms with Gasteiger partial charge in [0.25, 0.3) is 0 Å². The van der Waals surface area contributed by atoms with Crippen molar-refractivity contribution < 1.29 is 43.3 Å². The molecule has 0 radical (unpaired) electrons. The van der Waals surface area contributed by atoms with Crippen LogP contribution in [0.2, 0.25) is 0 Å². The summed E-state index contributed by atoms with van der Waals surface area (Å²) >= 11 is 0. The van der Waals surface area contributed by atoms with Crippen LogP contribution < -0.4 is 18.1 Å². The summed E-state index contributed by atoms with van der Waals surface area (Å²) in [5.74, 6) is 0. The Balaban J connectivity index is 0.00000144. The van der Waals surface area contributed by atoms with Gasteiger partial charge in [0, 0.05) is 0 Å². The van der Waals surface area contributed by atoms with E-state index in [1.807, 2.05) is 0 Å². The second-order valence-electron chi connectivity index (χ2n) is 2.89. The molecule has 13 heavy (non-hydrogen) atoms. The normalized spacial score (nSPS) is 45.5. The van der Waals surface area contributed by atoms with E-state index in [0.717, 1.165) is 0 Å². The summed E-state index contributed by atoms with van der Waals surface area (Å²) in [6.45, 7) is -0.442. The Morgan fingerprint density at radius 1 is 1.15 bits per heavy atom. The lowest BCUT2D eigenvalue weighted by molar-refractivity contribution is -0.497. The fourth-order valence-electron chi connectivity index (χ4n) is 1.15. The second kappa shape index (κ2) is 5.06. The van der Waals surface area contributed by atoms with Crippen molar-refractivity contribution in [3.8, 4) is 0 Å². The first-order chi connectivity index (χ1) is 5.57. The van der Waals surface area contributed by atoms with E-state index in [1.54, 1.807) is 0 Å². The van der Waals surface area contributed by atoms with Crippen molar-refractivity contribution in [1.29, 1.82) is 0 Å². The van der Waals surface area contributed by atoms with Crippen LogP contribution in [0.15, 0.2) is 0 Å². The number of hydrogen-bond acceptors (Lipinski definition) is 5. The monoisotopic (exact) mass is 221 g/mol. The highest BCUT2D eigenvalue weighted by atomic mass is 35.5. The summed E-state index contributed by atoms with van der Waals surface area (Å²) in [6.07, 6.45) is -4.53. The smallest absolute Gasteiger partial charge is 0.211 e. The Hall–Kier alpha value is 0.0500. The zero-order valence-electron chi connectivity index (χ0n) is 6.88. The molecule has 1 saturated heterocycles. The van der Waals surface area contributed by atoms with E-state index in [0.29, 0.717) is 0 Å². The van der Waals surface area contributed by atoms with Crippen LogP contribution in [0.25, 0.3) is 0 Å². The average molecular weight is 222 g/mol. The maximum Gasteiger partial charge on any atom is 0.211 e. The van der Waals surface area contributed by atoms with Crippen LogP contribution in [0.4, 0.5) is 0 Å². The number of halogens is 1. The SMILES string of the molecule is [Cl-].[NH3+][13C@H]1[13C@@H](O)[13C@H](O)[13CH]([13CH2]O)O[13C@H]1O. The maximum atomic E-state index is 9.25. The Bertz CT molecular complexity index is 155. The van der Waals surface area contributed by atoms with E-state index < -0.39 is 37.3 Å². The van der Waals surface area contributed by atoms with Gasteiger partial charge in [0.1, 0.15) is 18.3 Å². The van der Waals surface area contributed by atoms with Crippen LogP contribution in [-0.4, -0.2) is 57.7 Å². The molecule has 0 saturated carbocycles. The predicted octanol–water partition coefficient (Wildman–Crippen LogP) is -6.97. The third-order valence-electron chi connectivity index (χ3n) is 2.03. The summed E-state index contributed by atoms with van der Waals surface area (Å²) in [7, 11) is 0. The van der Waals surface area contributed by atoms with E-state index >= 15 is 0 Å². The standard InChI is InChI=1S/C6H13NO5.ClH/c7-3-5(10)4(9)2(1-8)12-6(3)11;/h2-6,8-11H,1,7H2;1H/t2?,3-,4+,5+,6+;/m0./s1/i1+1,2+1,3+1,4+1,5+1,6+1;. The van der Waals surface area contributed by atoms with Gasteiger partial charge in [-0.2, -0.15) is 0 Å². The first kappa shape index (κ1) is 13.1. The van der Waals surface area contributed by atoms with Crippen molar-refractivity contribution >= 4 is 0 Å². The fraction of sp³-hybridized carbons (Fsp3) is 1.00. The quantitative estimate of drug-likeness (QED) is 0.282. The minimum atomic E-state index is -1.24. The number of rotatable bonds is 1. The van der Waals surface area contributed by atoms with E-state index in [9.17, 15) is 10.2 Å². The molecule has 1 heterocycles. The Morgan fingerprint density at radius 2 is 1.69 bits per heavy atom. The second-order valence-corrected chi connectivity index (χ2v) is 2.89. The Kier molecular flexibility index (Phi) is 5.08. The van der Waals surface area contributed by atoms with Crippen molar-refractivity contribution in [2.24, 2.45) is 0 Å². The molecule has 7 N–H and O–H groups in total. The molecule has 0 aromatic rings. The number of quaternary nitrogens is 1. The van der Waals surface area contributed by atoms with Gasteiger partial charge in [-0.15, -0.1) is 0 Å². The van der Waals surface area contributed by atoms with Gasteiger partial charge in [0.2, 0.25) is 6.29 Å². The van der Waals surface area contributed by atoms with Gasteiger partial charge in [0.15, 0.2) is 6.04 Å². The highest BCUT2D eigenvalue weighted by molar-refractivity contribution is 4.87. The molecule has 1 fully saturated rings. The average Bonchev–Trinajstić information content (AvgIpc) is 2.08. The van der Waals surface area contributed by atoms with Crippen LogP contribution in [0, 0.1) is 0 Å². The van der Waals surface area contributed by atoms with Crippen molar-refractivity contribution in [3.63, 3.8) is 0 Å². The van der Waals surface area contributed by atoms with Gasteiger partial charge in [-0.25, -0.2) is 0 Å². The molecule has 1 aliphatic heterocycles. The lowest BCUT2D eigenvalue weighted by atomic mass is 10.9. The molecule has 1 unspecified atom stereocenters. The lowest BCUT2D eigenvalue weighted by Gasteiger charge is -2.36. The molecule has 0 aliphatic carbocycles. The molecule has 80 valence electrons. The Labute approximate surface area is 81.3 Å². The summed E-state index contributed by atoms with van der Waals surface area (Å²) in [5, 5.41) is 36.3. The van der Waals surface area contributed by atoms with Crippen molar-refractivity contribution in [2.75, 3.05) is 6.61 Å². The number of aliphatic hydroxyl groups is 4. The molecule has 0 aromatic heterocycles. The van der Waals surface area contributed by atoms with E-state index in [-0.39, 0.29) is 12.4 Å². The van der Waals surface area contributed by atoms with Gasteiger partial charge in [-0.3, -0.25) is 0 Å². The van der Waals surface area contributed by atoms with E-state index in [2.05, 4.69) is 5.73 Å². The summed E-state index contributed by atoms with van der Waals surface area (Å²) in [4.78, 5) is 0. The fourth-order valence-corrected chi connectivity index (χ4v) is 1.15. The summed E-state index contributed by atoms with van der Waals surface area (Å²) < 4.78 is 4.76. The van der Waals surface area contributed by atoms with Crippen molar-refractivity contribution in [1.82, 2.24) is 0 Å². The van der Waals surface area contributed by atoms with Gasteiger partial charge >= 0.3 is 0 Å². The first-order valence-corrected chi connectivity index (χ1v) is 3.71. The molecule has 0 amide bonds. The molecule has 0 spiro atoms. The zero-order valence-corrected chi connectivity index (χ0v) is 7.63. The zero-order chi connectivity index (χ0) is 9.30. The Morgan fingerprint density at radius 3 is 2.15 bits per heavy atom. The van der Waals surface area contributed by atoms with E-state index in [4.69, 9.17) is 14.9 Å². The van der Waals surface area contributed by atoms with Crippen LogP contribution in [0.3, 0.4) is 0 Å². The molecule has 7 heteroatoms. The molecule has 0 bridgehead atoms. The summed E-state index contributed by atoms with van der Waals surface area (Å²) in [6, 6.07) is -0.789. The molecule has 1 aliphatic rings. The molecular formula is C6H14ClNO5. The van der Waals surface area contributed by atoms with Crippen molar-refractivity contribution in [2.45, 2.75) is 30.6 Å². The lowest BCUT2D eigenvalue weighted by Crippen LogP contribution is -3.00. The topological polar surface area (TPSA) is 118 Å². The third-order valence-corrected chi connectivity index (χ3v) is 2.03. The van der Waals surface area contributed by atoms with Crippen LogP contribution in [-0.2, 0) is 4.74 Å². The number of ether oxygens (including phenoxy) is 1. The molecular weight excluding hydrogens is 207 g/mol. The molecule has 5 atom stereocenters. The minimum Gasteiger partial charge on any atom is -1.00 e. The van der Waals surface area contributed by atoms with Gasteiger partial charge in [-0.1, -0.05) is 0 Å². The van der Waals surface area contributed by atoms with Crippen molar-refractivity contribution in [3.05, 3.63) is 0 Å². The van der Waals surface area contributed by atoms with Gasteiger partial charge in [-0.05, 0) is 0 Å². The number of aliphatic hydroxyl groups excluding tert-OH is 4. The largest absolute Gasteiger partial charge is 1.00 e. The van der Waals surface area contributed by atoms with E-state index in [1.165, 1.54) is 0 Å². The molecule has 1 rings (SSSR count). The van der Waals surface area contributed by atoms with Crippen LogP contribution in [0.5, 0.6) is 0 Å². The molecule has 6 nitrogen and oxygen atoms in total. The molecule has 0 aromatic carbocycles. The van der Waals surface area contributed by atoms with Crippen LogP contribution >= 0.6 is 0 Å². The van der Waals surface area contributed by atoms with Gasteiger partial charge in [0.05, 0.1) is 6.61 Å². The highest BCUT2D eigenvalue weighted by Gasteiger charge is 2.43. The minimum absolute atomic E-state index is 0. The van der Waals surface area contributed by atoms with Gasteiger partial charge < -0.3 is 43.3 Å². The first-order valence-electron chi connectivity index (χ1n) is 3.71. The highest BCUT2D eigenvalue weighted by Crippen LogP contribution is 2.16. The number of hydrogen-bond donors (Lipinski definition) is 5. The maximum absolute atomic E-state index is 9.25. The predicted molar refractivity (Wildman–Crippen MR) is 36.7 cm³/mol. The van der Waals surface area contributed by atoms with Crippen LogP contribution in [0.1, 0.15) is 0 Å². The summed E-state index contributed by atoms with van der Waals surface area (Å²) in [5.41, 5.74) is 3.41.